The molecule has 1 aromatic carbocycles. The number of hydrogen-bond acceptors (Lipinski definition) is 3. The molecule has 3 rings (SSSR count). The van der Waals surface area contributed by atoms with Crippen LogP contribution in [0.2, 0.25) is 5.02 Å². The lowest BCUT2D eigenvalue weighted by atomic mass is 9.92. The third kappa shape index (κ3) is 3.35. The van der Waals surface area contributed by atoms with Gasteiger partial charge in [-0.15, -0.1) is 0 Å². The summed E-state index contributed by atoms with van der Waals surface area (Å²) in [7, 11) is 1.74. The monoisotopic (exact) mass is 335 g/mol. The molecule has 2 fully saturated rings. The maximum absolute atomic E-state index is 12.7. The third-order valence-corrected chi connectivity index (χ3v) is 5.12. The SMILES string of the molecule is CN1C(=O)CC(C(=O)NC(CN)C2CC2)C1c1cccc(Cl)c1. The Bertz CT molecular complexity index is 618. The van der Waals surface area contributed by atoms with E-state index in [1.54, 1.807) is 18.0 Å². The standard InChI is InChI=1S/C17H22ClN3O2/c1-21-15(22)8-13(16(21)11-3-2-4-12(18)7-11)17(23)20-14(9-19)10-5-6-10/h2-4,7,10,13-14,16H,5-6,8-9,19H2,1H3,(H,20,23). The van der Waals surface area contributed by atoms with Crippen molar-refractivity contribution < 1.29 is 9.59 Å². The summed E-state index contributed by atoms with van der Waals surface area (Å²) in [6.45, 7) is 0.439. The quantitative estimate of drug-likeness (QED) is 0.860. The van der Waals surface area contributed by atoms with Gasteiger partial charge in [-0.2, -0.15) is 0 Å². The lowest BCUT2D eigenvalue weighted by Crippen LogP contribution is -2.45. The molecule has 124 valence electrons. The second kappa shape index (κ2) is 6.49. The van der Waals surface area contributed by atoms with Crippen LogP contribution in [0, 0.1) is 11.8 Å². The molecule has 5 nitrogen and oxygen atoms in total. The molecule has 0 spiro atoms. The van der Waals surface area contributed by atoms with Gasteiger partial charge in [0.15, 0.2) is 0 Å². The van der Waals surface area contributed by atoms with E-state index in [0.717, 1.165) is 18.4 Å². The van der Waals surface area contributed by atoms with Crippen molar-refractivity contribution in [1.82, 2.24) is 10.2 Å². The van der Waals surface area contributed by atoms with Gasteiger partial charge in [0, 0.05) is 31.1 Å². The van der Waals surface area contributed by atoms with E-state index < -0.39 is 5.92 Å². The summed E-state index contributed by atoms with van der Waals surface area (Å²) in [4.78, 5) is 26.5. The van der Waals surface area contributed by atoms with Gasteiger partial charge in [0.05, 0.1) is 12.0 Å². The fraction of sp³-hybridized carbons (Fsp3) is 0.529. The van der Waals surface area contributed by atoms with Crippen LogP contribution in [0.4, 0.5) is 0 Å². The molecule has 23 heavy (non-hydrogen) atoms. The van der Waals surface area contributed by atoms with E-state index in [0.29, 0.717) is 17.5 Å². The lowest BCUT2D eigenvalue weighted by Gasteiger charge is -2.26. The second-order valence-corrected chi connectivity index (χ2v) is 6.94. The molecule has 0 aromatic heterocycles. The van der Waals surface area contributed by atoms with Gasteiger partial charge in [-0.3, -0.25) is 9.59 Å². The first kappa shape index (κ1) is 16.3. The topological polar surface area (TPSA) is 75.4 Å². The summed E-state index contributed by atoms with van der Waals surface area (Å²) in [5.74, 6) is -0.0250. The van der Waals surface area contributed by atoms with Crippen LogP contribution in [0.1, 0.15) is 30.9 Å². The van der Waals surface area contributed by atoms with Crippen molar-refractivity contribution in [3.8, 4) is 0 Å². The number of amides is 2. The van der Waals surface area contributed by atoms with Crippen LogP contribution in [0.3, 0.4) is 0 Å². The zero-order chi connectivity index (χ0) is 16.6. The highest BCUT2D eigenvalue weighted by Gasteiger charge is 2.44. The van der Waals surface area contributed by atoms with Crippen molar-refractivity contribution in [2.24, 2.45) is 17.6 Å². The van der Waals surface area contributed by atoms with Crippen molar-refractivity contribution in [3.05, 3.63) is 34.9 Å². The first-order valence-electron chi connectivity index (χ1n) is 8.03. The highest BCUT2D eigenvalue weighted by atomic mass is 35.5. The molecule has 3 atom stereocenters. The van der Waals surface area contributed by atoms with E-state index in [2.05, 4.69) is 5.32 Å². The summed E-state index contributed by atoms with van der Waals surface area (Å²) in [6.07, 6.45) is 2.45. The minimum absolute atomic E-state index is 0.0171. The summed E-state index contributed by atoms with van der Waals surface area (Å²) in [5.41, 5.74) is 6.66. The number of carbonyl (C=O) groups is 2. The van der Waals surface area contributed by atoms with E-state index in [-0.39, 0.29) is 30.3 Å². The molecule has 0 radical (unpaired) electrons. The Morgan fingerprint density at radius 1 is 1.48 bits per heavy atom. The molecule has 6 heteroatoms. The van der Waals surface area contributed by atoms with Crippen LogP contribution >= 0.6 is 11.6 Å². The molecule has 2 aliphatic rings. The van der Waals surface area contributed by atoms with Gasteiger partial charge in [-0.05, 0) is 36.5 Å². The first-order valence-corrected chi connectivity index (χ1v) is 8.40. The highest BCUT2D eigenvalue weighted by Crippen LogP contribution is 2.38. The molecular formula is C17H22ClN3O2. The fourth-order valence-electron chi connectivity index (χ4n) is 3.41. The molecule has 1 heterocycles. The Morgan fingerprint density at radius 3 is 2.83 bits per heavy atom. The Kier molecular flexibility index (Phi) is 4.60. The molecule has 1 aliphatic carbocycles. The van der Waals surface area contributed by atoms with E-state index in [1.807, 2.05) is 18.2 Å². The number of carbonyl (C=O) groups excluding carboxylic acids is 2. The van der Waals surface area contributed by atoms with Gasteiger partial charge < -0.3 is 16.0 Å². The zero-order valence-corrected chi connectivity index (χ0v) is 13.9. The second-order valence-electron chi connectivity index (χ2n) is 6.50. The van der Waals surface area contributed by atoms with Crippen LogP contribution in [0.25, 0.3) is 0 Å². The number of nitrogens with zero attached hydrogens (tertiary/aromatic N) is 1. The first-order chi connectivity index (χ1) is 11.0. The number of hydrogen-bond donors (Lipinski definition) is 2. The third-order valence-electron chi connectivity index (χ3n) is 4.89. The summed E-state index contributed by atoms with van der Waals surface area (Å²) < 4.78 is 0. The van der Waals surface area contributed by atoms with Gasteiger partial charge in [-0.1, -0.05) is 23.7 Å². The number of likely N-dealkylation sites (tertiary alicyclic amines) is 1. The van der Waals surface area contributed by atoms with Gasteiger partial charge in [0.2, 0.25) is 11.8 Å². The summed E-state index contributed by atoms with van der Waals surface area (Å²) in [6, 6.07) is 7.10. The molecule has 3 N–H and O–H groups in total. The zero-order valence-electron chi connectivity index (χ0n) is 13.2. The number of halogens is 1. The Morgan fingerprint density at radius 2 is 2.22 bits per heavy atom. The molecule has 0 bridgehead atoms. The molecular weight excluding hydrogens is 314 g/mol. The summed E-state index contributed by atoms with van der Waals surface area (Å²) in [5, 5.41) is 3.65. The number of nitrogens with one attached hydrogen (secondary N) is 1. The van der Waals surface area contributed by atoms with Crippen LogP contribution in [-0.4, -0.2) is 36.3 Å². The van der Waals surface area contributed by atoms with Crippen molar-refractivity contribution in [2.45, 2.75) is 31.3 Å². The van der Waals surface area contributed by atoms with E-state index in [4.69, 9.17) is 17.3 Å². The average molecular weight is 336 g/mol. The van der Waals surface area contributed by atoms with Gasteiger partial charge in [0.25, 0.3) is 0 Å². The van der Waals surface area contributed by atoms with Crippen LogP contribution in [-0.2, 0) is 9.59 Å². The van der Waals surface area contributed by atoms with Gasteiger partial charge in [0.1, 0.15) is 0 Å². The normalized spacial score (nSPS) is 25.5. The predicted molar refractivity (Wildman–Crippen MR) is 88.8 cm³/mol. The Labute approximate surface area is 141 Å². The number of rotatable bonds is 5. The maximum Gasteiger partial charge on any atom is 0.226 e. The highest BCUT2D eigenvalue weighted by molar-refractivity contribution is 6.30. The smallest absolute Gasteiger partial charge is 0.226 e. The molecule has 1 saturated carbocycles. The van der Waals surface area contributed by atoms with E-state index >= 15 is 0 Å². The average Bonchev–Trinajstić information content (AvgIpc) is 3.31. The van der Waals surface area contributed by atoms with Crippen LogP contribution in [0.15, 0.2) is 24.3 Å². The molecule has 1 aliphatic heterocycles. The maximum atomic E-state index is 12.7. The summed E-state index contributed by atoms with van der Waals surface area (Å²) >= 11 is 6.07. The molecule has 1 aromatic rings. The Balaban J connectivity index is 1.81. The minimum Gasteiger partial charge on any atom is -0.351 e. The van der Waals surface area contributed by atoms with Gasteiger partial charge >= 0.3 is 0 Å². The Hall–Kier alpha value is -1.59. The predicted octanol–water partition coefficient (Wildman–Crippen LogP) is 1.71. The molecule has 3 unspecified atom stereocenters. The van der Waals surface area contributed by atoms with Crippen molar-refractivity contribution in [2.75, 3.05) is 13.6 Å². The molecule has 2 amide bonds. The van der Waals surface area contributed by atoms with Gasteiger partial charge in [-0.25, -0.2) is 0 Å². The fourth-order valence-corrected chi connectivity index (χ4v) is 3.61. The number of nitrogens with two attached hydrogens (primary N) is 1. The van der Waals surface area contributed by atoms with E-state index in [9.17, 15) is 9.59 Å². The lowest BCUT2D eigenvalue weighted by molar-refractivity contribution is -0.128. The largest absolute Gasteiger partial charge is 0.351 e. The van der Waals surface area contributed by atoms with Crippen molar-refractivity contribution in [1.29, 1.82) is 0 Å². The van der Waals surface area contributed by atoms with Crippen LogP contribution < -0.4 is 11.1 Å². The van der Waals surface area contributed by atoms with Crippen molar-refractivity contribution >= 4 is 23.4 Å². The van der Waals surface area contributed by atoms with Crippen LogP contribution in [0.5, 0.6) is 0 Å². The minimum atomic E-state index is -0.404. The number of benzene rings is 1. The molecule has 1 saturated heterocycles. The van der Waals surface area contributed by atoms with Crippen molar-refractivity contribution in [3.63, 3.8) is 0 Å². The van der Waals surface area contributed by atoms with E-state index in [1.165, 1.54) is 0 Å².